The van der Waals surface area contributed by atoms with Crippen molar-refractivity contribution in [3.05, 3.63) is 170 Å². The maximum atomic E-state index is 13.1. The summed E-state index contributed by atoms with van der Waals surface area (Å²) in [5.41, 5.74) is 0. The van der Waals surface area contributed by atoms with E-state index in [1.54, 1.807) is 0 Å². The third-order valence-corrected chi connectivity index (χ3v) is 17.6. The Balaban J connectivity index is 5.49. The molecule has 0 bridgehead atoms. The summed E-state index contributed by atoms with van der Waals surface area (Å²) in [4.78, 5) is 73.0. The van der Waals surface area contributed by atoms with Crippen molar-refractivity contribution in [2.75, 3.05) is 39.6 Å². The fraction of sp³-hybridized carbons (Fsp3) is 0.624. The molecular weight excluding hydrogens is 1350 g/mol. The number of ether oxygens (including phenoxy) is 4. The topological polar surface area (TPSA) is 237 Å². The number of aliphatic hydroxyl groups excluding tert-OH is 1. The Morgan fingerprint density at radius 3 is 0.837 bits per heavy atom. The summed E-state index contributed by atoms with van der Waals surface area (Å²) in [6.07, 6.45) is 89.2. The van der Waals surface area contributed by atoms with Crippen LogP contribution >= 0.6 is 15.6 Å². The van der Waals surface area contributed by atoms with E-state index in [1.165, 1.54) is 38.5 Å². The Bertz CT molecular complexity index is 2640. The van der Waals surface area contributed by atoms with Gasteiger partial charge in [0.25, 0.3) is 0 Å². The number of carbonyl (C=O) groups is 4. The Hall–Kier alpha value is -5.58. The zero-order valence-corrected chi connectivity index (χ0v) is 66.2. The van der Waals surface area contributed by atoms with Gasteiger partial charge < -0.3 is 33.8 Å². The molecule has 17 nitrogen and oxygen atoms in total. The fourth-order valence-corrected chi connectivity index (χ4v) is 11.3. The SMILES string of the molecule is CC/C=C\C/C=C\C/C=C\C/C=C\C/C=C\CCCC(=O)OCC(COP(=O)(O)OCC(O)COP(=O)(O)OCC(COC(=O)CCCCCC/C=C\C/C=C\C/C=C\C/C=C\CC)OC(=O)CCCC/C=C\C/C=C\C/C=C\C/C=C\CC)OC(=O)CCCCCCC/C=C\CCCCCCCC. The van der Waals surface area contributed by atoms with Gasteiger partial charge in [-0.3, -0.25) is 37.3 Å². The number of hydrogen-bond donors (Lipinski definition) is 3. The van der Waals surface area contributed by atoms with Crippen molar-refractivity contribution in [2.45, 2.75) is 303 Å². The molecule has 0 saturated heterocycles. The zero-order valence-electron chi connectivity index (χ0n) is 64.4. The number of aliphatic hydroxyl groups is 1. The number of carbonyl (C=O) groups excluding carboxylic acids is 4. The second-order valence-corrected chi connectivity index (χ2v) is 28.4. The van der Waals surface area contributed by atoms with Crippen molar-refractivity contribution in [1.82, 2.24) is 0 Å². The summed E-state index contributed by atoms with van der Waals surface area (Å²) in [6, 6.07) is 0. The number of hydrogen-bond acceptors (Lipinski definition) is 15. The van der Waals surface area contributed by atoms with Crippen LogP contribution in [0.5, 0.6) is 0 Å². The summed E-state index contributed by atoms with van der Waals surface area (Å²) in [5, 5.41) is 10.6. The second kappa shape index (κ2) is 75.6. The molecule has 19 heteroatoms. The van der Waals surface area contributed by atoms with Gasteiger partial charge in [0.15, 0.2) is 12.2 Å². The largest absolute Gasteiger partial charge is 0.472 e. The van der Waals surface area contributed by atoms with E-state index >= 15 is 0 Å². The van der Waals surface area contributed by atoms with Crippen LogP contribution in [0.25, 0.3) is 0 Å². The summed E-state index contributed by atoms with van der Waals surface area (Å²) in [6.45, 7) is 4.36. The summed E-state index contributed by atoms with van der Waals surface area (Å²) in [7, 11) is -10.0. The molecule has 0 aromatic heterocycles. The van der Waals surface area contributed by atoms with Gasteiger partial charge in [-0.15, -0.1) is 0 Å². The highest BCUT2D eigenvalue weighted by Crippen LogP contribution is 2.45. The lowest BCUT2D eigenvalue weighted by atomic mass is 10.1. The molecule has 0 aliphatic carbocycles. The van der Waals surface area contributed by atoms with Gasteiger partial charge in [-0.2, -0.15) is 0 Å². The number of esters is 4. The molecular formula is C85H138O17P2. The number of phosphoric ester groups is 2. The molecule has 0 radical (unpaired) electrons. The summed E-state index contributed by atoms with van der Waals surface area (Å²) < 4.78 is 68.5. The molecule has 5 atom stereocenters. The Morgan fingerprint density at radius 1 is 0.279 bits per heavy atom. The third kappa shape index (κ3) is 74.7. The van der Waals surface area contributed by atoms with Gasteiger partial charge in [-0.05, 0) is 167 Å². The number of unbranched alkanes of at least 4 members (excludes halogenated alkanes) is 18. The minimum absolute atomic E-state index is 0.0294. The molecule has 0 spiro atoms. The van der Waals surface area contributed by atoms with E-state index in [4.69, 9.17) is 37.0 Å². The second-order valence-electron chi connectivity index (χ2n) is 25.5. The maximum Gasteiger partial charge on any atom is 0.472 e. The van der Waals surface area contributed by atoms with Crippen LogP contribution < -0.4 is 0 Å². The summed E-state index contributed by atoms with van der Waals surface area (Å²) in [5.74, 6) is -2.34. The van der Waals surface area contributed by atoms with Crippen molar-refractivity contribution in [2.24, 2.45) is 0 Å². The average molecular weight is 1490 g/mol. The van der Waals surface area contributed by atoms with Crippen LogP contribution in [-0.2, 0) is 65.4 Å². The van der Waals surface area contributed by atoms with Crippen LogP contribution in [0.1, 0.15) is 285 Å². The Kier molecular flexibility index (Phi) is 71.6. The molecule has 0 aliphatic rings. The molecule has 5 unspecified atom stereocenters. The molecule has 0 aliphatic heterocycles. The first kappa shape index (κ1) is 98.4. The van der Waals surface area contributed by atoms with E-state index in [9.17, 15) is 43.2 Å². The molecule has 0 fully saturated rings. The number of phosphoric acid groups is 2. The van der Waals surface area contributed by atoms with Crippen LogP contribution in [0.2, 0.25) is 0 Å². The number of rotatable bonds is 72. The number of allylic oxidation sites excluding steroid dienone is 28. The maximum absolute atomic E-state index is 13.1. The van der Waals surface area contributed by atoms with E-state index in [0.717, 1.165) is 154 Å². The lowest BCUT2D eigenvalue weighted by Crippen LogP contribution is -2.30. The Morgan fingerprint density at radius 2 is 0.510 bits per heavy atom. The standard InChI is InChI=1S/C85H138O17P2/c1-5-9-13-17-21-25-29-33-37-39-43-45-49-53-57-61-65-69-82(87)95-75-80(101-84(89)71-67-63-59-55-51-47-41-35-31-27-23-19-15-11-7-3)77-99-103(91,92)97-73-79(86)74-98-104(93,94)100-78-81(102-85(90)72-68-64-60-56-52-48-42-36-32-28-24-20-16-12-8-4)76-96-83(88)70-66-62-58-54-50-46-44-40-38-34-30-26-22-18-14-10-6-2/h9-11,13-15,21-23,25-27,33-38,41-46,51,54-55,58,79-81,86H,5-8,12,16-20,24,28-32,39-40,47-50,52-53,56-57,59-78H2,1-4H3,(H,91,92)(H,93,94)/b13-9-,14-10-,15-11-,25-21-,26-22-,27-23-,37-33-,38-34-,41-35-,42-36-,45-43-,46-44-,55-51-,58-54-. The van der Waals surface area contributed by atoms with Crippen molar-refractivity contribution in [3.63, 3.8) is 0 Å². The minimum Gasteiger partial charge on any atom is -0.462 e. The first-order valence-electron chi connectivity index (χ1n) is 39.4. The lowest BCUT2D eigenvalue weighted by Gasteiger charge is -2.21. The zero-order chi connectivity index (χ0) is 76.0. The first-order chi connectivity index (χ1) is 50.7. The van der Waals surface area contributed by atoms with Crippen LogP contribution in [0.4, 0.5) is 0 Å². The van der Waals surface area contributed by atoms with Crippen molar-refractivity contribution in [3.8, 4) is 0 Å². The molecule has 3 N–H and O–H groups in total. The normalized spacial score (nSPS) is 14.8. The monoisotopic (exact) mass is 1490 g/mol. The van der Waals surface area contributed by atoms with E-state index in [-0.39, 0.29) is 25.7 Å². The van der Waals surface area contributed by atoms with Gasteiger partial charge >= 0.3 is 39.5 Å². The highest BCUT2D eigenvalue weighted by Gasteiger charge is 2.30. The Labute approximate surface area is 629 Å². The molecule has 0 saturated carbocycles. The van der Waals surface area contributed by atoms with Crippen LogP contribution in [0.15, 0.2) is 170 Å². The fourth-order valence-electron chi connectivity index (χ4n) is 9.76. The molecule has 590 valence electrons. The highest BCUT2D eigenvalue weighted by atomic mass is 31.2. The van der Waals surface area contributed by atoms with Gasteiger partial charge in [0.05, 0.1) is 26.4 Å². The third-order valence-electron chi connectivity index (χ3n) is 15.7. The first-order valence-corrected chi connectivity index (χ1v) is 42.4. The predicted octanol–water partition coefficient (Wildman–Crippen LogP) is 23.0. The predicted molar refractivity (Wildman–Crippen MR) is 426 cm³/mol. The summed E-state index contributed by atoms with van der Waals surface area (Å²) >= 11 is 0. The van der Waals surface area contributed by atoms with Crippen molar-refractivity contribution < 1.29 is 80.2 Å². The molecule has 0 rings (SSSR count). The van der Waals surface area contributed by atoms with Gasteiger partial charge in [0.1, 0.15) is 19.3 Å². The molecule has 0 amide bonds. The molecule has 0 heterocycles. The van der Waals surface area contributed by atoms with Crippen molar-refractivity contribution in [1.29, 1.82) is 0 Å². The van der Waals surface area contributed by atoms with E-state index in [0.29, 0.717) is 38.5 Å². The van der Waals surface area contributed by atoms with E-state index in [2.05, 4.69) is 186 Å². The quantitative estimate of drug-likeness (QED) is 0.0169. The van der Waals surface area contributed by atoms with Gasteiger partial charge in [0.2, 0.25) is 0 Å². The molecule has 104 heavy (non-hydrogen) atoms. The lowest BCUT2D eigenvalue weighted by molar-refractivity contribution is -0.161. The van der Waals surface area contributed by atoms with Crippen LogP contribution in [0.3, 0.4) is 0 Å². The van der Waals surface area contributed by atoms with Crippen LogP contribution in [-0.4, -0.2) is 96.7 Å². The van der Waals surface area contributed by atoms with Gasteiger partial charge in [-0.25, -0.2) is 9.13 Å². The molecule has 0 aromatic rings. The highest BCUT2D eigenvalue weighted by molar-refractivity contribution is 7.47. The van der Waals surface area contributed by atoms with Crippen LogP contribution in [0, 0.1) is 0 Å². The smallest absolute Gasteiger partial charge is 0.462 e. The molecule has 0 aromatic carbocycles. The van der Waals surface area contributed by atoms with Crippen molar-refractivity contribution >= 4 is 39.5 Å². The average Bonchev–Trinajstić information content (AvgIpc) is 0.937. The minimum atomic E-state index is -5.01. The van der Waals surface area contributed by atoms with Gasteiger partial charge in [-0.1, -0.05) is 262 Å². The van der Waals surface area contributed by atoms with Gasteiger partial charge in [0, 0.05) is 25.7 Å². The van der Waals surface area contributed by atoms with E-state index in [1.807, 2.05) is 12.2 Å². The van der Waals surface area contributed by atoms with E-state index < -0.39 is 97.5 Å².